The van der Waals surface area contributed by atoms with Crippen LogP contribution in [0, 0.1) is 0 Å². The fourth-order valence-electron chi connectivity index (χ4n) is 2.32. The van der Waals surface area contributed by atoms with Crippen LogP contribution in [0.1, 0.15) is 5.56 Å². The Bertz CT molecular complexity index is 971. The third kappa shape index (κ3) is 2.92. The quantitative estimate of drug-likeness (QED) is 0.713. The maximum absolute atomic E-state index is 12.7. The predicted octanol–water partition coefficient (Wildman–Crippen LogP) is 4.37. The highest BCUT2D eigenvalue weighted by atomic mass is 35.5. The number of benzene rings is 2. The van der Waals surface area contributed by atoms with Crippen LogP contribution in [0.3, 0.4) is 0 Å². The normalized spacial score (nSPS) is 11.7. The van der Waals surface area contributed by atoms with Crippen LogP contribution in [0.2, 0.25) is 5.02 Å². The molecule has 0 saturated heterocycles. The lowest BCUT2D eigenvalue weighted by Gasteiger charge is -2.15. The molecule has 0 amide bonds. The third-order valence-electron chi connectivity index (χ3n) is 3.50. The number of hydrogen-bond acceptors (Lipinski definition) is 3. The third-order valence-corrected chi connectivity index (χ3v) is 3.75. The molecular weight excluding hydrogens is 343 g/mol. The van der Waals surface area contributed by atoms with Gasteiger partial charge in [0.1, 0.15) is 5.69 Å². The van der Waals surface area contributed by atoms with Gasteiger partial charge in [0.25, 0.3) is 5.43 Å². The van der Waals surface area contributed by atoms with Gasteiger partial charge >= 0.3 is 6.18 Å². The van der Waals surface area contributed by atoms with Crippen LogP contribution in [-0.2, 0) is 6.18 Å². The highest BCUT2D eigenvalue weighted by Crippen LogP contribution is 2.32. The summed E-state index contributed by atoms with van der Waals surface area (Å²) in [5, 5.41) is 3.07. The summed E-state index contributed by atoms with van der Waals surface area (Å²) in [7, 11) is 0. The molecule has 122 valence electrons. The van der Waals surface area contributed by atoms with Crippen LogP contribution in [-0.4, -0.2) is 0 Å². The summed E-state index contributed by atoms with van der Waals surface area (Å²) < 4.78 is 38.2. The molecule has 0 fully saturated rings. The van der Waals surface area contributed by atoms with Crippen LogP contribution in [0.5, 0.6) is 0 Å². The first-order valence-electron chi connectivity index (χ1n) is 6.81. The van der Waals surface area contributed by atoms with Crippen molar-refractivity contribution in [3.05, 3.63) is 79.6 Å². The van der Waals surface area contributed by atoms with E-state index in [1.165, 1.54) is 12.1 Å². The van der Waals surface area contributed by atoms with E-state index in [1.54, 1.807) is 24.3 Å². The summed E-state index contributed by atoms with van der Waals surface area (Å²) in [6.45, 7) is 0. The van der Waals surface area contributed by atoms with Gasteiger partial charge in [-0.2, -0.15) is 13.2 Å². The maximum atomic E-state index is 12.7. The summed E-state index contributed by atoms with van der Waals surface area (Å²) >= 11 is 5.78. The minimum absolute atomic E-state index is 0.0263. The average Bonchev–Trinajstić information content (AvgIpc) is 2.55. The molecule has 0 saturated carbocycles. The van der Waals surface area contributed by atoms with Crippen molar-refractivity contribution in [1.82, 2.24) is 0 Å². The van der Waals surface area contributed by atoms with Gasteiger partial charge in [-0.05, 0) is 35.9 Å². The van der Waals surface area contributed by atoms with E-state index in [2.05, 4.69) is 5.32 Å². The second-order valence-corrected chi connectivity index (χ2v) is 5.56. The molecule has 0 radical (unpaired) electrons. The van der Waals surface area contributed by atoms with E-state index >= 15 is 0 Å². The minimum Gasteiger partial charge on any atom is -0.352 e. The standard InChI is InChI=1S/C17H9ClF3NO2/c18-11-6-4-9(5-7-11)13-14(16(24)15(13)23)22-12-3-1-2-10(8-12)17(19,20)21/h1-8,22H. The van der Waals surface area contributed by atoms with Crippen molar-refractivity contribution >= 4 is 23.0 Å². The van der Waals surface area contributed by atoms with Crippen LogP contribution in [0.15, 0.2) is 58.1 Å². The molecule has 0 atom stereocenters. The zero-order valence-electron chi connectivity index (χ0n) is 11.9. The van der Waals surface area contributed by atoms with Gasteiger partial charge in [0.2, 0.25) is 5.43 Å². The van der Waals surface area contributed by atoms with Crippen molar-refractivity contribution in [2.24, 2.45) is 0 Å². The monoisotopic (exact) mass is 351 g/mol. The van der Waals surface area contributed by atoms with Gasteiger partial charge in [-0.15, -0.1) is 0 Å². The van der Waals surface area contributed by atoms with Crippen molar-refractivity contribution < 1.29 is 13.2 Å². The van der Waals surface area contributed by atoms with E-state index in [0.717, 1.165) is 12.1 Å². The van der Waals surface area contributed by atoms with Crippen molar-refractivity contribution in [2.45, 2.75) is 6.18 Å². The SMILES string of the molecule is O=c1c(Nc2cccc(C(F)(F)F)c2)c(-c2ccc(Cl)cc2)c1=O. The molecule has 24 heavy (non-hydrogen) atoms. The van der Waals surface area contributed by atoms with E-state index in [-0.39, 0.29) is 16.9 Å². The van der Waals surface area contributed by atoms with Crippen LogP contribution in [0.25, 0.3) is 11.1 Å². The molecule has 0 unspecified atom stereocenters. The Balaban J connectivity index is 1.98. The van der Waals surface area contributed by atoms with Crippen LogP contribution < -0.4 is 16.2 Å². The molecule has 0 aliphatic carbocycles. The molecule has 0 spiro atoms. The van der Waals surface area contributed by atoms with Crippen molar-refractivity contribution in [2.75, 3.05) is 5.32 Å². The Morgan fingerprint density at radius 2 is 1.58 bits per heavy atom. The number of anilines is 2. The molecule has 0 aliphatic rings. The zero-order chi connectivity index (χ0) is 17.5. The fraction of sp³-hybridized carbons (Fsp3) is 0.0588. The molecular formula is C17H9ClF3NO2. The zero-order valence-corrected chi connectivity index (χ0v) is 12.7. The van der Waals surface area contributed by atoms with Crippen molar-refractivity contribution in [3.63, 3.8) is 0 Å². The van der Waals surface area contributed by atoms with Crippen molar-refractivity contribution in [3.8, 4) is 11.1 Å². The molecule has 0 bridgehead atoms. The minimum atomic E-state index is -4.50. The highest BCUT2D eigenvalue weighted by molar-refractivity contribution is 6.30. The topological polar surface area (TPSA) is 46.2 Å². The molecule has 3 aromatic carbocycles. The number of alkyl halides is 3. The molecule has 0 heterocycles. The summed E-state index contributed by atoms with van der Waals surface area (Å²) in [6.07, 6.45) is -4.50. The van der Waals surface area contributed by atoms with Gasteiger partial charge in [-0.25, -0.2) is 0 Å². The first-order valence-corrected chi connectivity index (χ1v) is 7.18. The molecule has 0 aliphatic heterocycles. The Morgan fingerprint density at radius 1 is 0.917 bits per heavy atom. The van der Waals surface area contributed by atoms with Gasteiger partial charge in [0, 0.05) is 10.7 Å². The number of hydrogen-bond donors (Lipinski definition) is 1. The summed E-state index contributed by atoms with van der Waals surface area (Å²) in [5.74, 6) is 0. The number of rotatable bonds is 3. The number of halogens is 4. The van der Waals surface area contributed by atoms with Gasteiger partial charge in [-0.3, -0.25) is 9.59 Å². The first-order chi connectivity index (χ1) is 11.3. The lowest BCUT2D eigenvalue weighted by atomic mass is 9.98. The maximum Gasteiger partial charge on any atom is 0.416 e. The molecule has 1 N–H and O–H groups in total. The summed E-state index contributed by atoms with van der Waals surface area (Å²) in [5.41, 5.74) is -1.65. The molecule has 3 nitrogen and oxygen atoms in total. The summed E-state index contributed by atoms with van der Waals surface area (Å²) in [6, 6.07) is 10.7. The van der Waals surface area contributed by atoms with Crippen LogP contribution in [0.4, 0.5) is 24.5 Å². The van der Waals surface area contributed by atoms with Gasteiger partial charge in [-0.1, -0.05) is 29.8 Å². The summed E-state index contributed by atoms with van der Waals surface area (Å²) in [4.78, 5) is 23.6. The Kier molecular flexibility index (Phi) is 3.93. The van der Waals surface area contributed by atoms with Gasteiger partial charge in [0.05, 0.1) is 11.1 Å². The Morgan fingerprint density at radius 3 is 2.21 bits per heavy atom. The Labute approximate surface area is 139 Å². The largest absolute Gasteiger partial charge is 0.416 e. The van der Waals surface area contributed by atoms with Crippen molar-refractivity contribution in [1.29, 1.82) is 0 Å². The molecule has 3 aromatic rings. The van der Waals surface area contributed by atoms with Gasteiger partial charge in [0.15, 0.2) is 0 Å². The highest BCUT2D eigenvalue weighted by Gasteiger charge is 2.30. The lowest BCUT2D eigenvalue weighted by molar-refractivity contribution is -0.137. The van der Waals surface area contributed by atoms with E-state index in [9.17, 15) is 22.8 Å². The lowest BCUT2D eigenvalue weighted by Crippen LogP contribution is -2.35. The second-order valence-electron chi connectivity index (χ2n) is 5.12. The van der Waals surface area contributed by atoms with E-state index < -0.39 is 22.6 Å². The predicted molar refractivity (Wildman–Crippen MR) is 86.5 cm³/mol. The molecule has 0 aromatic heterocycles. The molecule has 7 heteroatoms. The Hall–Kier alpha value is -2.60. The van der Waals surface area contributed by atoms with E-state index in [0.29, 0.717) is 10.6 Å². The second kappa shape index (κ2) is 5.79. The fourth-order valence-corrected chi connectivity index (χ4v) is 2.45. The number of nitrogens with one attached hydrogen (secondary N) is 1. The van der Waals surface area contributed by atoms with E-state index in [4.69, 9.17) is 11.6 Å². The van der Waals surface area contributed by atoms with Gasteiger partial charge < -0.3 is 5.32 Å². The van der Waals surface area contributed by atoms with Crippen LogP contribution >= 0.6 is 11.6 Å². The smallest absolute Gasteiger partial charge is 0.352 e. The molecule has 3 rings (SSSR count). The first kappa shape index (κ1) is 16.3. The average molecular weight is 352 g/mol. The van der Waals surface area contributed by atoms with E-state index in [1.807, 2.05) is 0 Å².